The Morgan fingerprint density at radius 3 is 2.42 bits per heavy atom. The van der Waals surface area contributed by atoms with E-state index >= 15 is 0 Å². The fourth-order valence-corrected chi connectivity index (χ4v) is 2.27. The Balaban J connectivity index is 1.89. The smallest absolute Gasteiger partial charge is 0.337 e. The highest BCUT2D eigenvalue weighted by Crippen LogP contribution is 2.23. The molecule has 0 spiro atoms. The summed E-state index contributed by atoms with van der Waals surface area (Å²) in [5.74, 6) is 1.13. The fourth-order valence-electron chi connectivity index (χ4n) is 2.27. The molecule has 0 aliphatic carbocycles. The van der Waals surface area contributed by atoms with Gasteiger partial charge < -0.3 is 9.64 Å². The summed E-state index contributed by atoms with van der Waals surface area (Å²) < 4.78 is 4.72. The molecule has 0 aliphatic rings. The van der Waals surface area contributed by atoms with Gasteiger partial charge in [0.2, 0.25) is 0 Å². The fraction of sp³-hybridized carbons (Fsp3) is 0.111. The minimum atomic E-state index is -0.350. The van der Waals surface area contributed by atoms with Gasteiger partial charge in [-0.1, -0.05) is 18.2 Å². The molecule has 0 bridgehead atoms. The van der Waals surface area contributed by atoms with E-state index in [4.69, 9.17) is 4.74 Å². The van der Waals surface area contributed by atoms with Crippen LogP contribution in [0.1, 0.15) is 15.9 Å². The molecule has 0 radical (unpaired) electrons. The van der Waals surface area contributed by atoms with Gasteiger partial charge in [-0.15, -0.1) is 0 Å². The number of esters is 1. The average molecular weight is 320 g/mol. The molecule has 0 N–H and O–H groups in total. The van der Waals surface area contributed by atoms with E-state index in [9.17, 15) is 4.79 Å². The molecular formula is C18H16N4O2. The number of nitrogens with zero attached hydrogens (tertiary/aromatic N) is 4. The van der Waals surface area contributed by atoms with Crippen molar-refractivity contribution >= 4 is 17.6 Å². The Morgan fingerprint density at radius 2 is 1.79 bits per heavy atom. The molecule has 0 saturated carbocycles. The highest BCUT2D eigenvalue weighted by Gasteiger charge is 2.13. The van der Waals surface area contributed by atoms with E-state index in [1.807, 2.05) is 35.2 Å². The maximum absolute atomic E-state index is 11.5. The molecular weight excluding hydrogens is 304 g/mol. The lowest BCUT2D eigenvalue weighted by molar-refractivity contribution is 0.0600. The van der Waals surface area contributed by atoms with Gasteiger partial charge in [0, 0.05) is 18.6 Å². The van der Waals surface area contributed by atoms with Crippen molar-refractivity contribution in [3.05, 3.63) is 78.4 Å². The van der Waals surface area contributed by atoms with E-state index in [1.165, 1.54) is 7.11 Å². The number of anilines is 2. The summed E-state index contributed by atoms with van der Waals surface area (Å²) in [7, 11) is 1.37. The topological polar surface area (TPSA) is 68.2 Å². The number of carbonyl (C=O) groups is 1. The zero-order valence-electron chi connectivity index (χ0n) is 13.2. The number of benzene rings is 1. The Bertz CT molecular complexity index is 753. The number of rotatable bonds is 5. The number of aromatic nitrogens is 3. The van der Waals surface area contributed by atoms with Crippen LogP contribution in [0.15, 0.2) is 67.3 Å². The van der Waals surface area contributed by atoms with Crippen molar-refractivity contribution in [1.82, 2.24) is 15.0 Å². The molecule has 0 amide bonds. The summed E-state index contributed by atoms with van der Waals surface area (Å²) in [6.07, 6.45) is 6.70. The summed E-state index contributed by atoms with van der Waals surface area (Å²) in [5.41, 5.74) is 1.53. The third kappa shape index (κ3) is 3.55. The number of methoxy groups -OCH3 is 1. The van der Waals surface area contributed by atoms with Crippen molar-refractivity contribution in [2.45, 2.75) is 6.54 Å². The molecule has 0 fully saturated rings. The van der Waals surface area contributed by atoms with Crippen LogP contribution in [0.4, 0.5) is 11.6 Å². The monoisotopic (exact) mass is 320 g/mol. The molecule has 0 aliphatic heterocycles. The summed E-state index contributed by atoms with van der Waals surface area (Å²) >= 11 is 0. The Kier molecular flexibility index (Phi) is 4.76. The second kappa shape index (κ2) is 7.32. The number of carbonyl (C=O) groups excluding carboxylic acids is 1. The van der Waals surface area contributed by atoms with Crippen molar-refractivity contribution in [3.63, 3.8) is 0 Å². The van der Waals surface area contributed by atoms with Crippen LogP contribution in [-0.4, -0.2) is 28.0 Å². The summed E-state index contributed by atoms with van der Waals surface area (Å²) in [5, 5.41) is 0. The molecule has 1 aromatic carbocycles. The number of hydrogen-bond acceptors (Lipinski definition) is 6. The quantitative estimate of drug-likeness (QED) is 0.673. The molecule has 24 heavy (non-hydrogen) atoms. The minimum Gasteiger partial charge on any atom is -0.465 e. The predicted molar refractivity (Wildman–Crippen MR) is 89.9 cm³/mol. The number of pyridine rings is 1. The zero-order chi connectivity index (χ0) is 16.8. The Morgan fingerprint density at radius 1 is 1.00 bits per heavy atom. The highest BCUT2D eigenvalue weighted by atomic mass is 16.5. The first-order chi connectivity index (χ1) is 11.8. The molecule has 120 valence electrons. The summed E-state index contributed by atoms with van der Waals surface area (Å²) in [6.45, 7) is 0.553. The molecule has 0 atom stereocenters. The minimum absolute atomic E-state index is 0.350. The van der Waals surface area contributed by atoms with Crippen molar-refractivity contribution in [1.29, 1.82) is 0 Å². The molecule has 3 aromatic rings. The van der Waals surface area contributed by atoms with Crippen molar-refractivity contribution in [2.75, 3.05) is 12.0 Å². The van der Waals surface area contributed by atoms with Crippen molar-refractivity contribution in [3.8, 4) is 0 Å². The lowest BCUT2D eigenvalue weighted by atomic mass is 10.1. The zero-order valence-corrected chi connectivity index (χ0v) is 13.2. The van der Waals surface area contributed by atoms with Crippen LogP contribution < -0.4 is 4.90 Å². The van der Waals surface area contributed by atoms with E-state index in [0.717, 1.165) is 11.4 Å². The average Bonchev–Trinajstić information content (AvgIpc) is 2.67. The van der Waals surface area contributed by atoms with Gasteiger partial charge >= 0.3 is 5.97 Å². The van der Waals surface area contributed by atoms with E-state index in [-0.39, 0.29) is 5.97 Å². The summed E-state index contributed by atoms with van der Waals surface area (Å²) in [4.78, 5) is 26.4. The third-order valence-electron chi connectivity index (χ3n) is 3.47. The first-order valence-electron chi connectivity index (χ1n) is 7.40. The van der Waals surface area contributed by atoms with Crippen LogP contribution in [0, 0.1) is 0 Å². The van der Waals surface area contributed by atoms with Crippen LogP contribution in [0.2, 0.25) is 0 Å². The van der Waals surface area contributed by atoms with Gasteiger partial charge in [0.15, 0.2) is 5.82 Å². The van der Waals surface area contributed by atoms with Gasteiger partial charge in [-0.05, 0) is 29.8 Å². The molecule has 3 rings (SSSR count). The van der Waals surface area contributed by atoms with Gasteiger partial charge in [0.1, 0.15) is 5.82 Å². The first-order valence-corrected chi connectivity index (χ1v) is 7.40. The number of ether oxygens (including phenoxy) is 1. The van der Waals surface area contributed by atoms with Gasteiger partial charge in [-0.25, -0.2) is 14.8 Å². The molecule has 0 unspecified atom stereocenters. The van der Waals surface area contributed by atoms with Crippen molar-refractivity contribution < 1.29 is 9.53 Å². The SMILES string of the molecule is COC(=O)c1ccc(CN(c2ccccn2)c2cnccn2)cc1. The lowest BCUT2D eigenvalue weighted by Gasteiger charge is -2.22. The summed E-state index contributed by atoms with van der Waals surface area (Å²) in [6, 6.07) is 13.0. The molecule has 2 heterocycles. The molecule has 6 heteroatoms. The van der Waals surface area contributed by atoms with Gasteiger partial charge in [-0.2, -0.15) is 0 Å². The Hall–Kier alpha value is -3.28. The third-order valence-corrected chi connectivity index (χ3v) is 3.47. The first kappa shape index (κ1) is 15.6. The van der Waals surface area contributed by atoms with E-state index in [0.29, 0.717) is 17.9 Å². The molecule has 2 aromatic heterocycles. The highest BCUT2D eigenvalue weighted by molar-refractivity contribution is 5.89. The second-order valence-corrected chi connectivity index (χ2v) is 5.03. The van der Waals surface area contributed by atoms with Crippen LogP contribution in [0.25, 0.3) is 0 Å². The Labute approximate surface area is 139 Å². The largest absolute Gasteiger partial charge is 0.465 e. The standard InChI is InChI=1S/C18H16N4O2/c1-24-18(23)15-7-5-14(6-8-15)13-22(16-4-2-3-9-20-16)17-12-19-10-11-21-17/h2-12H,13H2,1H3. The van der Waals surface area contributed by atoms with Crippen LogP contribution in [-0.2, 0) is 11.3 Å². The van der Waals surface area contributed by atoms with E-state index in [1.54, 1.807) is 36.9 Å². The van der Waals surface area contributed by atoms with Crippen LogP contribution >= 0.6 is 0 Å². The number of hydrogen-bond donors (Lipinski definition) is 0. The van der Waals surface area contributed by atoms with Crippen LogP contribution in [0.3, 0.4) is 0 Å². The second-order valence-electron chi connectivity index (χ2n) is 5.03. The maximum Gasteiger partial charge on any atom is 0.337 e. The lowest BCUT2D eigenvalue weighted by Crippen LogP contribution is -2.19. The van der Waals surface area contributed by atoms with Gasteiger partial charge in [0.25, 0.3) is 0 Å². The normalized spacial score (nSPS) is 10.2. The maximum atomic E-state index is 11.5. The van der Waals surface area contributed by atoms with E-state index in [2.05, 4.69) is 15.0 Å². The van der Waals surface area contributed by atoms with Gasteiger partial charge in [-0.3, -0.25) is 4.98 Å². The molecule has 6 nitrogen and oxygen atoms in total. The molecule has 0 saturated heterocycles. The van der Waals surface area contributed by atoms with Crippen molar-refractivity contribution in [2.24, 2.45) is 0 Å². The predicted octanol–water partition coefficient (Wildman–Crippen LogP) is 3.00. The van der Waals surface area contributed by atoms with Gasteiger partial charge in [0.05, 0.1) is 25.4 Å². The van der Waals surface area contributed by atoms with E-state index < -0.39 is 0 Å². The van der Waals surface area contributed by atoms with Crippen LogP contribution in [0.5, 0.6) is 0 Å².